The number of aromatic nitrogens is 2. The minimum absolute atomic E-state index is 0.250. The Balaban J connectivity index is 1.48. The van der Waals surface area contributed by atoms with Gasteiger partial charge in [-0.1, -0.05) is 43.3 Å². The number of nitrogens with one attached hydrogen (secondary N) is 2. The molecule has 2 N–H and O–H groups in total. The molecule has 0 saturated carbocycles. The third-order valence-corrected chi connectivity index (χ3v) is 5.62. The molecule has 0 bridgehead atoms. The van der Waals surface area contributed by atoms with Crippen molar-refractivity contribution in [3.63, 3.8) is 0 Å². The molecule has 0 spiro atoms. The Morgan fingerprint density at radius 2 is 1.80 bits per heavy atom. The average molecular weight is 418 g/mol. The number of carbonyl (C=O) groups excluding carboxylic acids is 1. The maximum atomic E-state index is 12.5. The third-order valence-electron chi connectivity index (χ3n) is 4.73. The van der Waals surface area contributed by atoms with Crippen LogP contribution < -0.4 is 10.1 Å². The SMILES string of the molecule is CCSc1ccc(-c2ccc3c(NC(=O)C(C)Oc4ccccc4)n[nH]c3c2)cc1. The normalized spacial score (nSPS) is 11.9. The molecule has 1 amide bonds. The molecule has 0 radical (unpaired) electrons. The van der Waals surface area contributed by atoms with Crippen LogP contribution in [-0.4, -0.2) is 28.0 Å². The molecule has 1 aromatic heterocycles. The summed E-state index contributed by atoms with van der Waals surface area (Å²) >= 11 is 1.83. The van der Waals surface area contributed by atoms with Gasteiger partial charge in [-0.2, -0.15) is 5.10 Å². The Kier molecular flexibility index (Phi) is 6.05. The van der Waals surface area contributed by atoms with Gasteiger partial charge in [-0.15, -0.1) is 11.8 Å². The van der Waals surface area contributed by atoms with E-state index in [1.807, 2.05) is 60.3 Å². The van der Waals surface area contributed by atoms with Gasteiger partial charge in [0.25, 0.3) is 5.91 Å². The number of nitrogens with zero attached hydrogens (tertiary/aromatic N) is 1. The molecule has 1 unspecified atom stereocenters. The van der Waals surface area contributed by atoms with Crippen LogP contribution in [0.15, 0.2) is 77.7 Å². The van der Waals surface area contributed by atoms with Crippen molar-refractivity contribution in [3.8, 4) is 16.9 Å². The minimum Gasteiger partial charge on any atom is -0.481 e. The van der Waals surface area contributed by atoms with E-state index in [0.29, 0.717) is 11.6 Å². The van der Waals surface area contributed by atoms with E-state index in [1.54, 1.807) is 6.92 Å². The van der Waals surface area contributed by atoms with Crippen LogP contribution >= 0.6 is 11.8 Å². The molecule has 0 aliphatic heterocycles. The summed E-state index contributed by atoms with van der Waals surface area (Å²) in [4.78, 5) is 13.8. The highest BCUT2D eigenvalue weighted by atomic mass is 32.2. The fourth-order valence-corrected chi connectivity index (χ4v) is 3.84. The van der Waals surface area contributed by atoms with Crippen LogP contribution in [0.2, 0.25) is 0 Å². The number of aromatic amines is 1. The molecule has 152 valence electrons. The number of H-pyrrole nitrogens is 1. The quantitative estimate of drug-likeness (QED) is 0.376. The number of anilines is 1. The summed E-state index contributed by atoms with van der Waals surface area (Å²) in [6.45, 7) is 3.87. The first-order valence-electron chi connectivity index (χ1n) is 9.88. The Bertz CT molecular complexity index is 1140. The van der Waals surface area contributed by atoms with Crippen molar-refractivity contribution in [2.75, 3.05) is 11.1 Å². The predicted octanol–water partition coefficient (Wildman–Crippen LogP) is 5.75. The van der Waals surface area contributed by atoms with Gasteiger partial charge in [0.2, 0.25) is 0 Å². The average Bonchev–Trinajstić information content (AvgIpc) is 3.17. The molecule has 0 saturated heterocycles. The number of hydrogen-bond acceptors (Lipinski definition) is 4. The van der Waals surface area contributed by atoms with Crippen LogP contribution in [0.3, 0.4) is 0 Å². The van der Waals surface area contributed by atoms with E-state index in [2.05, 4.69) is 46.7 Å². The lowest BCUT2D eigenvalue weighted by Crippen LogP contribution is -2.30. The second kappa shape index (κ2) is 9.05. The van der Waals surface area contributed by atoms with Crippen LogP contribution in [0.25, 0.3) is 22.0 Å². The Morgan fingerprint density at radius 1 is 1.07 bits per heavy atom. The molecule has 1 atom stereocenters. The molecule has 30 heavy (non-hydrogen) atoms. The Morgan fingerprint density at radius 3 is 2.53 bits per heavy atom. The maximum absolute atomic E-state index is 12.5. The van der Waals surface area contributed by atoms with Gasteiger partial charge in [0, 0.05) is 10.3 Å². The predicted molar refractivity (Wildman–Crippen MR) is 123 cm³/mol. The van der Waals surface area contributed by atoms with Crippen molar-refractivity contribution in [1.82, 2.24) is 10.2 Å². The number of amides is 1. The summed E-state index contributed by atoms with van der Waals surface area (Å²) < 4.78 is 5.69. The number of benzene rings is 3. The standard InChI is InChI=1S/C24H23N3O2S/c1-3-30-20-12-9-17(10-13-20)18-11-14-21-22(15-18)26-27-23(21)25-24(28)16(2)29-19-7-5-4-6-8-19/h4-16H,3H2,1-2H3,(H2,25,26,27,28). The van der Waals surface area contributed by atoms with Gasteiger partial charge in [0.1, 0.15) is 5.75 Å². The van der Waals surface area contributed by atoms with Gasteiger partial charge in [-0.3, -0.25) is 9.89 Å². The Labute approximate surface area is 179 Å². The number of rotatable bonds is 7. The summed E-state index contributed by atoms with van der Waals surface area (Å²) in [5.74, 6) is 1.96. The lowest BCUT2D eigenvalue weighted by atomic mass is 10.0. The van der Waals surface area contributed by atoms with Crippen LogP contribution in [0.5, 0.6) is 5.75 Å². The van der Waals surface area contributed by atoms with Gasteiger partial charge in [0.15, 0.2) is 11.9 Å². The summed E-state index contributed by atoms with van der Waals surface area (Å²) in [6.07, 6.45) is -0.641. The largest absolute Gasteiger partial charge is 0.481 e. The van der Waals surface area contributed by atoms with Crippen molar-refractivity contribution in [2.45, 2.75) is 24.8 Å². The van der Waals surface area contributed by atoms with E-state index in [0.717, 1.165) is 27.8 Å². The smallest absolute Gasteiger partial charge is 0.266 e. The Hall–Kier alpha value is -3.25. The van der Waals surface area contributed by atoms with Crippen LogP contribution in [0.4, 0.5) is 5.82 Å². The van der Waals surface area contributed by atoms with Crippen molar-refractivity contribution in [2.24, 2.45) is 0 Å². The molecule has 3 aromatic carbocycles. The molecule has 1 heterocycles. The topological polar surface area (TPSA) is 67.0 Å². The van der Waals surface area contributed by atoms with E-state index >= 15 is 0 Å². The number of para-hydroxylation sites is 1. The fourth-order valence-electron chi connectivity index (χ4n) is 3.18. The summed E-state index contributed by atoms with van der Waals surface area (Å²) in [7, 11) is 0. The highest BCUT2D eigenvalue weighted by molar-refractivity contribution is 7.99. The molecule has 4 aromatic rings. The molecular formula is C24H23N3O2S. The zero-order valence-electron chi connectivity index (χ0n) is 16.9. The van der Waals surface area contributed by atoms with Crippen LogP contribution in [-0.2, 0) is 4.79 Å². The monoisotopic (exact) mass is 417 g/mol. The molecule has 6 heteroatoms. The van der Waals surface area contributed by atoms with Crippen molar-refractivity contribution >= 4 is 34.4 Å². The fraction of sp³-hybridized carbons (Fsp3) is 0.167. The van der Waals surface area contributed by atoms with Crippen molar-refractivity contribution in [1.29, 1.82) is 0 Å². The van der Waals surface area contributed by atoms with E-state index < -0.39 is 6.10 Å². The minimum atomic E-state index is -0.641. The lowest BCUT2D eigenvalue weighted by molar-refractivity contribution is -0.122. The zero-order chi connectivity index (χ0) is 20.9. The van der Waals surface area contributed by atoms with Crippen LogP contribution in [0, 0.1) is 0 Å². The second-order valence-electron chi connectivity index (χ2n) is 6.85. The maximum Gasteiger partial charge on any atom is 0.266 e. The van der Waals surface area contributed by atoms with E-state index in [4.69, 9.17) is 4.74 Å². The van der Waals surface area contributed by atoms with E-state index in [1.165, 1.54) is 4.90 Å². The molecule has 0 fully saturated rings. The first-order chi connectivity index (χ1) is 14.6. The molecular weight excluding hydrogens is 394 g/mol. The molecule has 0 aliphatic carbocycles. The summed E-state index contributed by atoms with van der Waals surface area (Å²) in [5.41, 5.74) is 3.10. The highest BCUT2D eigenvalue weighted by Crippen LogP contribution is 2.29. The highest BCUT2D eigenvalue weighted by Gasteiger charge is 2.17. The number of fused-ring (bicyclic) bond motifs is 1. The lowest BCUT2D eigenvalue weighted by Gasteiger charge is -2.13. The number of thioether (sulfide) groups is 1. The second-order valence-corrected chi connectivity index (χ2v) is 8.19. The van der Waals surface area contributed by atoms with E-state index in [-0.39, 0.29) is 5.91 Å². The first-order valence-corrected chi connectivity index (χ1v) is 10.9. The van der Waals surface area contributed by atoms with Crippen LogP contribution in [0.1, 0.15) is 13.8 Å². The van der Waals surface area contributed by atoms with Gasteiger partial charge in [-0.05, 0) is 60.2 Å². The van der Waals surface area contributed by atoms with Gasteiger partial charge < -0.3 is 10.1 Å². The third kappa shape index (κ3) is 4.49. The van der Waals surface area contributed by atoms with Gasteiger partial charge >= 0.3 is 0 Å². The number of carbonyl (C=O) groups is 1. The summed E-state index contributed by atoms with van der Waals surface area (Å²) in [5, 5.41) is 11.0. The number of ether oxygens (including phenoxy) is 1. The zero-order valence-corrected chi connectivity index (χ0v) is 17.7. The first kappa shape index (κ1) is 20.0. The molecule has 0 aliphatic rings. The van der Waals surface area contributed by atoms with E-state index in [9.17, 15) is 4.79 Å². The molecule has 4 rings (SSSR count). The van der Waals surface area contributed by atoms with Gasteiger partial charge in [0.05, 0.1) is 5.52 Å². The van der Waals surface area contributed by atoms with Crippen molar-refractivity contribution in [3.05, 3.63) is 72.8 Å². The molecule has 5 nitrogen and oxygen atoms in total. The summed E-state index contributed by atoms with van der Waals surface area (Å²) in [6, 6.07) is 23.9. The van der Waals surface area contributed by atoms with Gasteiger partial charge in [-0.25, -0.2) is 0 Å². The van der Waals surface area contributed by atoms with Crippen molar-refractivity contribution < 1.29 is 9.53 Å². The number of hydrogen-bond donors (Lipinski definition) is 2.